The lowest BCUT2D eigenvalue weighted by atomic mass is 9.94. The highest BCUT2D eigenvalue weighted by Crippen LogP contribution is 2.28. The van der Waals surface area contributed by atoms with E-state index in [-0.39, 0.29) is 0 Å². The quantitative estimate of drug-likeness (QED) is 0.850. The maximum absolute atomic E-state index is 9.93. The van der Waals surface area contributed by atoms with E-state index in [1.165, 1.54) is 0 Å². The third-order valence-corrected chi connectivity index (χ3v) is 3.32. The summed E-state index contributed by atoms with van der Waals surface area (Å²) < 4.78 is 5.40. The molecule has 1 fully saturated rings. The molecule has 1 saturated heterocycles. The molecule has 1 aliphatic heterocycles. The first-order chi connectivity index (χ1) is 8.52. The number of hydrogen-bond donors (Lipinski definition) is 2. The number of aliphatic hydroxyl groups is 1. The second-order valence-electron chi connectivity index (χ2n) is 4.98. The molecule has 5 nitrogen and oxygen atoms in total. The molecule has 0 aliphatic carbocycles. The van der Waals surface area contributed by atoms with E-state index in [0.29, 0.717) is 18.2 Å². The van der Waals surface area contributed by atoms with Gasteiger partial charge in [-0.05, 0) is 38.8 Å². The third-order valence-electron chi connectivity index (χ3n) is 3.32. The van der Waals surface area contributed by atoms with Gasteiger partial charge in [-0.15, -0.1) is 0 Å². The second kappa shape index (κ2) is 5.02. The molecule has 1 aromatic rings. The Balaban J connectivity index is 2.12. The number of nitrogen functional groups attached to an aromatic ring is 1. The van der Waals surface area contributed by atoms with Gasteiger partial charge in [-0.2, -0.15) is 4.98 Å². The molecule has 1 aromatic heterocycles. The summed E-state index contributed by atoms with van der Waals surface area (Å²) in [4.78, 5) is 6.58. The van der Waals surface area contributed by atoms with Crippen molar-refractivity contribution in [3.63, 3.8) is 0 Å². The van der Waals surface area contributed by atoms with Crippen LogP contribution in [-0.2, 0) is 0 Å². The summed E-state index contributed by atoms with van der Waals surface area (Å²) in [7, 11) is 0. The van der Waals surface area contributed by atoms with Crippen molar-refractivity contribution >= 4 is 11.5 Å². The van der Waals surface area contributed by atoms with Gasteiger partial charge < -0.3 is 20.5 Å². The van der Waals surface area contributed by atoms with Crippen LogP contribution < -0.4 is 15.4 Å². The van der Waals surface area contributed by atoms with Crippen molar-refractivity contribution in [3.8, 4) is 5.88 Å². The molecule has 0 radical (unpaired) electrons. The number of aromatic nitrogens is 1. The smallest absolute Gasteiger partial charge is 0.239 e. The highest BCUT2D eigenvalue weighted by atomic mass is 16.5. The topological polar surface area (TPSA) is 71.6 Å². The van der Waals surface area contributed by atoms with Crippen molar-refractivity contribution in [2.45, 2.75) is 32.3 Å². The van der Waals surface area contributed by atoms with E-state index in [2.05, 4.69) is 9.88 Å². The molecular formula is C13H21N3O2. The molecule has 18 heavy (non-hydrogen) atoms. The molecule has 0 unspecified atom stereocenters. The number of ether oxygens (including phenoxy) is 1. The summed E-state index contributed by atoms with van der Waals surface area (Å²) >= 11 is 0. The molecule has 3 N–H and O–H groups in total. The van der Waals surface area contributed by atoms with Crippen LogP contribution in [0.5, 0.6) is 5.88 Å². The minimum atomic E-state index is -0.549. The fourth-order valence-corrected chi connectivity index (χ4v) is 2.09. The van der Waals surface area contributed by atoms with Gasteiger partial charge in [0, 0.05) is 13.1 Å². The Bertz CT molecular complexity index is 411. The summed E-state index contributed by atoms with van der Waals surface area (Å²) in [6.07, 6.45) is 1.51. The molecule has 2 heterocycles. The molecule has 2 rings (SSSR count). The number of hydrogen-bond acceptors (Lipinski definition) is 5. The van der Waals surface area contributed by atoms with E-state index >= 15 is 0 Å². The van der Waals surface area contributed by atoms with E-state index in [0.717, 1.165) is 31.7 Å². The van der Waals surface area contributed by atoms with E-state index in [9.17, 15) is 5.11 Å². The first kappa shape index (κ1) is 13.0. The van der Waals surface area contributed by atoms with Crippen LogP contribution in [0.2, 0.25) is 0 Å². The lowest BCUT2D eigenvalue weighted by molar-refractivity contribution is 0.0350. The average Bonchev–Trinajstić information content (AvgIpc) is 2.32. The standard InChI is InChI=1S/C13H21N3O2/c1-3-18-12-10(14)4-5-11(15-12)16-8-6-13(2,17)7-9-16/h4-5,17H,3,6-9,14H2,1-2H3. The van der Waals surface area contributed by atoms with Crippen LogP contribution in [0, 0.1) is 0 Å². The van der Waals surface area contributed by atoms with Crippen LogP contribution in [0.3, 0.4) is 0 Å². The van der Waals surface area contributed by atoms with Gasteiger partial charge in [-0.1, -0.05) is 0 Å². The van der Waals surface area contributed by atoms with Crippen LogP contribution in [0.25, 0.3) is 0 Å². The third kappa shape index (κ3) is 2.85. The van der Waals surface area contributed by atoms with Crippen LogP contribution >= 0.6 is 0 Å². The number of rotatable bonds is 3. The second-order valence-corrected chi connectivity index (χ2v) is 4.98. The lowest BCUT2D eigenvalue weighted by Gasteiger charge is -2.36. The summed E-state index contributed by atoms with van der Waals surface area (Å²) in [6.45, 7) is 5.94. The Hall–Kier alpha value is -1.49. The zero-order valence-electron chi connectivity index (χ0n) is 11.0. The molecule has 1 aliphatic rings. The van der Waals surface area contributed by atoms with Crippen molar-refractivity contribution in [3.05, 3.63) is 12.1 Å². The average molecular weight is 251 g/mol. The molecular weight excluding hydrogens is 230 g/mol. The zero-order chi connectivity index (χ0) is 13.2. The number of piperidine rings is 1. The van der Waals surface area contributed by atoms with E-state index in [1.54, 1.807) is 0 Å². The Morgan fingerprint density at radius 3 is 2.72 bits per heavy atom. The number of pyridine rings is 1. The van der Waals surface area contributed by atoms with Gasteiger partial charge in [0.25, 0.3) is 0 Å². The fraction of sp³-hybridized carbons (Fsp3) is 0.615. The monoisotopic (exact) mass is 251 g/mol. The normalized spacial score (nSPS) is 18.7. The van der Waals surface area contributed by atoms with Crippen LogP contribution in [0.4, 0.5) is 11.5 Å². The zero-order valence-corrected chi connectivity index (χ0v) is 11.0. The van der Waals surface area contributed by atoms with Crippen LogP contribution in [0.15, 0.2) is 12.1 Å². The van der Waals surface area contributed by atoms with Gasteiger partial charge in [0.15, 0.2) is 0 Å². The Morgan fingerprint density at radius 1 is 1.44 bits per heavy atom. The van der Waals surface area contributed by atoms with Gasteiger partial charge >= 0.3 is 0 Å². The maximum atomic E-state index is 9.93. The van der Waals surface area contributed by atoms with Gasteiger partial charge in [0.1, 0.15) is 5.82 Å². The molecule has 0 bridgehead atoms. The predicted molar refractivity (Wildman–Crippen MR) is 71.9 cm³/mol. The van der Waals surface area contributed by atoms with E-state index in [1.807, 2.05) is 26.0 Å². The molecule has 0 saturated carbocycles. The first-order valence-electron chi connectivity index (χ1n) is 6.38. The van der Waals surface area contributed by atoms with Gasteiger partial charge in [-0.3, -0.25) is 0 Å². The SMILES string of the molecule is CCOc1nc(N2CCC(C)(O)CC2)ccc1N. The molecule has 0 spiro atoms. The minimum Gasteiger partial charge on any atom is -0.476 e. The van der Waals surface area contributed by atoms with Crippen molar-refractivity contribution in [2.24, 2.45) is 0 Å². The Kier molecular flexibility index (Phi) is 3.61. The fourth-order valence-electron chi connectivity index (χ4n) is 2.09. The summed E-state index contributed by atoms with van der Waals surface area (Å²) in [5.74, 6) is 1.36. The molecule has 100 valence electrons. The lowest BCUT2D eigenvalue weighted by Crippen LogP contribution is -2.42. The van der Waals surface area contributed by atoms with Gasteiger partial charge in [-0.25, -0.2) is 0 Å². The Labute approximate surface area is 108 Å². The molecule has 0 amide bonds. The molecule has 0 atom stereocenters. The minimum absolute atomic E-state index is 0.493. The van der Waals surface area contributed by atoms with E-state index in [4.69, 9.17) is 10.5 Å². The van der Waals surface area contributed by atoms with E-state index < -0.39 is 5.60 Å². The summed E-state index contributed by atoms with van der Waals surface area (Å²) in [6, 6.07) is 3.72. The predicted octanol–water partition coefficient (Wildman–Crippen LogP) is 1.41. The Morgan fingerprint density at radius 2 is 2.11 bits per heavy atom. The van der Waals surface area contributed by atoms with Crippen LogP contribution in [-0.4, -0.2) is 35.4 Å². The largest absolute Gasteiger partial charge is 0.476 e. The summed E-state index contributed by atoms with van der Waals surface area (Å²) in [5, 5.41) is 9.93. The maximum Gasteiger partial charge on any atom is 0.239 e. The highest BCUT2D eigenvalue weighted by molar-refractivity contribution is 5.54. The summed E-state index contributed by atoms with van der Waals surface area (Å²) in [5.41, 5.74) is 5.81. The number of anilines is 2. The van der Waals surface area contributed by atoms with Gasteiger partial charge in [0.2, 0.25) is 5.88 Å². The first-order valence-corrected chi connectivity index (χ1v) is 6.38. The van der Waals surface area contributed by atoms with Crippen molar-refractivity contribution < 1.29 is 9.84 Å². The molecule has 5 heteroatoms. The van der Waals surface area contributed by atoms with Crippen LogP contribution in [0.1, 0.15) is 26.7 Å². The van der Waals surface area contributed by atoms with Crippen molar-refractivity contribution in [1.82, 2.24) is 4.98 Å². The van der Waals surface area contributed by atoms with Gasteiger partial charge in [0.05, 0.1) is 17.9 Å². The molecule has 0 aromatic carbocycles. The number of nitrogens with two attached hydrogens (primary N) is 1. The highest BCUT2D eigenvalue weighted by Gasteiger charge is 2.28. The number of nitrogens with zero attached hydrogens (tertiary/aromatic N) is 2. The van der Waals surface area contributed by atoms with Crippen molar-refractivity contribution in [1.29, 1.82) is 0 Å². The van der Waals surface area contributed by atoms with Crippen molar-refractivity contribution in [2.75, 3.05) is 30.3 Å².